The monoisotopic (exact) mass is 320 g/mol. The van der Waals surface area contributed by atoms with Crippen molar-refractivity contribution in [3.05, 3.63) is 77.1 Å². The van der Waals surface area contributed by atoms with E-state index in [1.165, 1.54) is 16.7 Å². The molecule has 1 heterocycles. The Kier molecular flexibility index (Phi) is 4.70. The van der Waals surface area contributed by atoms with Gasteiger partial charge in [0.15, 0.2) is 5.69 Å². The standard InChI is InChI=1S/C19H20N4O/c1-14-8-9-17(12-15(14)2)23-13-18(21-22-23)19(24)20-11-10-16-6-4-3-5-7-16/h3-9,12-13H,10-11H2,1-2H3,(H,20,24). The van der Waals surface area contributed by atoms with Crippen LogP contribution in [0, 0.1) is 13.8 Å². The quantitative estimate of drug-likeness (QED) is 0.786. The molecule has 24 heavy (non-hydrogen) atoms. The number of nitrogens with zero attached hydrogens (tertiary/aromatic N) is 3. The van der Waals surface area contributed by atoms with E-state index in [0.29, 0.717) is 12.2 Å². The van der Waals surface area contributed by atoms with E-state index in [4.69, 9.17) is 0 Å². The summed E-state index contributed by atoms with van der Waals surface area (Å²) in [4.78, 5) is 12.2. The summed E-state index contributed by atoms with van der Waals surface area (Å²) in [6, 6.07) is 16.1. The second-order valence-corrected chi connectivity index (χ2v) is 5.81. The minimum atomic E-state index is -0.207. The van der Waals surface area contributed by atoms with E-state index in [1.807, 2.05) is 55.5 Å². The highest BCUT2D eigenvalue weighted by atomic mass is 16.2. The van der Waals surface area contributed by atoms with Crippen molar-refractivity contribution in [3.8, 4) is 5.69 Å². The minimum Gasteiger partial charge on any atom is -0.350 e. The molecule has 3 rings (SSSR count). The maximum Gasteiger partial charge on any atom is 0.273 e. The zero-order valence-corrected chi connectivity index (χ0v) is 13.9. The van der Waals surface area contributed by atoms with Gasteiger partial charge in [0.05, 0.1) is 11.9 Å². The number of benzene rings is 2. The molecular formula is C19H20N4O. The smallest absolute Gasteiger partial charge is 0.273 e. The van der Waals surface area contributed by atoms with Gasteiger partial charge in [-0.2, -0.15) is 0 Å². The van der Waals surface area contributed by atoms with Gasteiger partial charge < -0.3 is 5.32 Å². The van der Waals surface area contributed by atoms with Gasteiger partial charge in [-0.15, -0.1) is 5.10 Å². The molecule has 2 aromatic carbocycles. The van der Waals surface area contributed by atoms with E-state index in [0.717, 1.165) is 12.1 Å². The van der Waals surface area contributed by atoms with E-state index in [1.54, 1.807) is 10.9 Å². The summed E-state index contributed by atoms with van der Waals surface area (Å²) in [6.07, 6.45) is 2.44. The second-order valence-electron chi connectivity index (χ2n) is 5.81. The molecule has 0 saturated carbocycles. The molecule has 1 amide bonds. The van der Waals surface area contributed by atoms with E-state index < -0.39 is 0 Å². The molecule has 0 bridgehead atoms. The normalized spacial score (nSPS) is 10.6. The van der Waals surface area contributed by atoms with Gasteiger partial charge in [0.25, 0.3) is 5.91 Å². The lowest BCUT2D eigenvalue weighted by Crippen LogP contribution is -2.26. The van der Waals surface area contributed by atoms with Gasteiger partial charge in [0, 0.05) is 6.54 Å². The number of hydrogen-bond donors (Lipinski definition) is 1. The number of aromatic nitrogens is 3. The maximum atomic E-state index is 12.2. The van der Waals surface area contributed by atoms with Crippen LogP contribution in [-0.2, 0) is 6.42 Å². The summed E-state index contributed by atoms with van der Waals surface area (Å²) in [5.41, 5.74) is 4.81. The van der Waals surface area contributed by atoms with Crippen LogP contribution in [0.5, 0.6) is 0 Å². The van der Waals surface area contributed by atoms with Crippen LogP contribution in [0.3, 0.4) is 0 Å². The first-order valence-corrected chi connectivity index (χ1v) is 7.95. The van der Waals surface area contributed by atoms with Crippen molar-refractivity contribution < 1.29 is 4.79 Å². The Hall–Kier alpha value is -2.95. The van der Waals surface area contributed by atoms with E-state index >= 15 is 0 Å². The molecule has 0 fully saturated rings. The van der Waals surface area contributed by atoms with Crippen LogP contribution in [-0.4, -0.2) is 27.4 Å². The number of nitrogens with one attached hydrogen (secondary N) is 1. The average molecular weight is 320 g/mol. The van der Waals surface area contributed by atoms with Gasteiger partial charge in [-0.3, -0.25) is 4.79 Å². The van der Waals surface area contributed by atoms with Gasteiger partial charge in [0.2, 0.25) is 0 Å². The van der Waals surface area contributed by atoms with Crippen molar-refractivity contribution >= 4 is 5.91 Å². The summed E-state index contributed by atoms with van der Waals surface area (Å²) in [5.74, 6) is -0.207. The molecule has 0 atom stereocenters. The SMILES string of the molecule is Cc1ccc(-n2cc(C(=O)NCCc3ccccc3)nn2)cc1C. The van der Waals surface area contributed by atoms with Crippen molar-refractivity contribution in [1.82, 2.24) is 20.3 Å². The predicted molar refractivity (Wildman–Crippen MR) is 93.3 cm³/mol. The Labute approximate surface area is 141 Å². The van der Waals surface area contributed by atoms with Gasteiger partial charge in [-0.1, -0.05) is 41.6 Å². The van der Waals surface area contributed by atoms with Crippen LogP contribution in [0.2, 0.25) is 0 Å². The molecule has 5 heteroatoms. The molecule has 1 aromatic heterocycles. The largest absolute Gasteiger partial charge is 0.350 e. The molecule has 5 nitrogen and oxygen atoms in total. The second kappa shape index (κ2) is 7.08. The van der Waals surface area contributed by atoms with Crippen molar-refractivity contribution in [2.24, 2.45) is 0 Å². The minimum absolute atomic E-state index is 0.207. The summed E-state index contributed by atoms with van der Waals surface area (Å²) >= 11 is 0. The Morgan fingerprint density at radius 2 is 1.88 bits per heavy atom. The number of carbonyl (C=O) groups excluding carboxylic acids is 1. The van der Waals surface area contributed by atoms with Crippen LogP contribution < -0.4 is 5.32 Å². The topological polar surface area (TPSA) is 59.8 Å². The van der Waals surface area contributed by atoms with Gasteiger partial charge in [-0.05, 0) is 49.1 Å². The molecule has 0 aliphatic rings. The van der Waals surface area contributed by atoms with Crippen molar-refractivity contribution in [2.45, 2.75) is 20.3 Å². The van der Waals surface area contributed by atoms with Crippen LogP contribution in [0.4, 0.5) is 0 Å². The highest BCUT2D eigenvalue weighted by Crippen LogP contribution is 2.13. The van der Waals surface area contributed by atoms with Crippen molar-refractivity contribution in [1.29, 1.82) is 0 Å². The third-order valence-corrected chi connectivity index (χ3v) is 4.02. The van der Waals surface area contributed by atoms with E-state index in [9.17, 15) is 4.79 Å². The molecule has 122 valence electrons. The molecule has 0 aliphatic heterocycles. The first-order chi connectivity index (χ1) is 11.6. The zero-order valence-electron chi connectivity index (χ0n) is 13.9. The van der Waals surface area contributed by atoms with Crippen LogP contribution in [0.1, 0.15) is 27.2 Å². The number of hydrogen-bond acceptors (Lipinski definition) is 3. The van der Waals surface area contributed by atoms with Gasteiger partial charge in [-0.25, -0.2) is 4.68 Å². The molecule has 1 N–H and O–H groups in total. The first-order valence-electron chi connectivity index (χ1n) is 7.95. The number of amides is 1. The fraction of sp³-hybridized carbons (Fsp3) is 0.211. The molecule has 0 saturated heterocycles. The Morgan fingerprint density at radius 3 is 2.62 bits per heavy atom. The summed E-state index contributed by atoms with van der Waals surface area (Å²) in [7, 11) is 0. The fourth-order valence-corrected chi connectivity index (χ4v) is 2.42. The highest BCUT2D eigenvalue weighted by Gasteiger charge is 2.11. The van der Waals surface area contributed by atoms with Crippen LogP contribution in [0.25, 0.3) is 5.69 Å². The highest BCUT2D eigenvalue weighted by molar-refractivity contribution is 5.91. The zero-order chi connectivity index (χ0) is 16.9. The lowest BCUT2D eigenvalue weighted by Gasteiger charge is -2.04. The lowest BCUT2D eigenvalue weighted by atomic mass is 10.1. The molecule has 3 aromatic rings. The third-order valence-electron chi connectivity index (χ3n) is 4.02. The molecule has 0 radical (unpaired) electrons. The Morgan fingerprint density at radius 1 is 1.08 bits per heavy atom. The average Bonchev–Trinajstić information content (AvgIpc) is 3.08. The molecule has 0 aliphatic carbocycles. The molecule has 0 spiro atoms. The van der Waals surface area contributed by atoms with Gasteiger partial charge >= 0.3 is 0 Å². The van der Waals surface area contributed by atoms with Crippen molar-refractivity contribution in [2.75, 3.05) is 6.54 Å². The van der Waals surface area contributed by atoms with Crippen LogP contribution in [0.15, 0.2) is 54.7 Å². The van der Waals surface area contributed by atoms with Gasteiger partial charge in [0.1, 0.15) is 0 Å². The predicted octanol–water partition coefficient (Wildman–Crippen LogP) is 2.86. The Balaban J connectivity index is 1.62. The summed E-state index contributed by atoms with van der Waals surface area (Å²) < 4.78 is 1.62. The maximum absolute atomic E-state index is 12.2. The Bertz CT molecular complexity index is 840. The summed E-state index contributed by atoms with van der Waals surface area (Å²) in [5, 5.41) is 10.9. The third kappa shape index (κ3) is 3.68. The van der Waals surface area contributed by atoms with E-state index in [2.05, 4.69) is 22.6 Å². The first kappa shape index (κ1) is 15.9. The fourth-order valence-electron chi connectivity index (χ4n) is 2.42. The lowest BCUT2D eigenvalue weighted by molar-refractivity contribution is 0.0949. The van der Waals surface area contributed by atoms with Crippen molar-refractivity contribution in [3.63, 3.8) is 0 Å². The summed E-state index contributed by atoms with van der Waals surface area (Å²) in [6.45, 7) is 4.68. The number of carbonyl (C=O) groups is 1. The molecular weight excluding hydrogens is 300 g/mol. The molecule has 0 unspecified atom stereocenters. The van der Waals surface area contributed by atoms with Crippen LogP contribution >= 0.6 is 0 Å². The number of aryl methyl sites for hydroxylation is 2. The van der Waals surface area contributed by atoms with E-state index in [-0.39, 0.29) is 5.91 Å². The number of rotatable bonds is 5.